The molecule has 35 heavy (non-hydrogen) atoms. The maximum absolute atomic E-state index is 13.2. The number of carbonyl (C=O) groups is 1. The molecule has 0 aliphatic carbocycles. The van der Waals surface area contributed by atoms with Crippen molar-refractivity contribution in [2.24, 2.45) is 7.05 Å². The first-order valence-corrected chi connectivity index (χ1v) is 12.0. The van der Waals surface area contributed by atoms with Gasteiger partial charge in [0.2, 0.25) is 0 Å². The van der Waals surface area contributed by atoms with Gasteiger partial charge in [0.1, 0.15) is 22.6 Å². The quantitative estimate of drug-likeness (QED) is 0.391. The fraction of sp³-hybridized carbons (Fsp3) is 0.350. The molecule has 0 atom stereocenters. The number of imidazole rings is 1. The molecule has 0 saturated carbocycles. The van der Waals surface area contributed by atoms with Crippen LogP contribution >= 0.6 is 0 Å². The van der Waals surface area contributed by atoms with E-state index in [9.17, 15) is 26.4 Å². The Kier molecular flexibility index (Phi) is 6.00. The highest BCUT2D eigenvalue weighted by atomic mass is 32.2. The average Bonchev–Trinajstić information content (AvgIpc) is 3.34. The molecule has 4 rings (SSSR count). The van der Waals surface area contributed by atoms with Crippen LogP contribution in [-0.4, -0.2) is 55.8 Å². The third-order valence-electron chi connectivity index (χ3n) is 5.25. The van der Waals surface area contributed by atoms with Gasteiger partial charge in [-0.15, -0.1) is 0 Å². The summed E-state index contributed by atoms with van der Waals surface area (Å²) in [5, 5.41) is 3.77. The number of hydrogen-bond donors (Lipinski definition) is 1. The fourth-order valence-electron chi connectivity index (χ4n) is 3.52. The average molecular weight is 511 g/mol. The van der Waals surface area contributed by atoms with Gasteiger partial charge in [0.05, 0.1) is 17.9 Å². The Morgan fingerprint density at radius 1 is 1.17 bits per heavy atom. The highest BCUT2D eigenvalue weighted by Crippen LogP contribution is 2.35. The summed E-state index contributed by atoms with van der Waals surface area (Å²) >= 11 is 0. The number of pyridine rings is 1. The zero-order chi connectivity index (χ0) is 25.7. The number of nitrogens with one attached hydrogen (secondary N) is 1. The number of aromatic nitrogens is 6. The van der Waals surface area contributed by atoms with Crippen molar-refractivity contribution in [2.75, 3.05) is 12.4 Å². The number of rotatable bonds is 6. The van der Waals surface area contributed by atoms with E-state index in [1.807, 2.05) is 0 Å². The Labute approximate surface area is 196 Å². The number of aryl methyl sites for hydroxylation is 2. The van der Waals surface area contributed by atoms with Crippen LogP contribution in [0.25, 0.3) is 28.2 Å². The highest BCUT2D eigenvalue weighted by Gasteiger charge is 2.34. The van der Waals surface area contributed by atoms with Crippen LogP contribution in [0.4, 0.5) is 13.2 Å². The first-order chi connectivity index (χ1) is 16.4. The number of amides is 1. The number of carbonyl (C=O) groups excluding carboxylic acids is 1. The molecule has 4 heterocycles. The van der Waals surface area contributed by atoms with E-state index in [0.717, 1.165) is 10.6 Å². The van der Waals surface area contributed by atoms with Crippen LogP contribution in [0.2, 0.25) is 0 Å². The van der Waals surface area contributed by atoms with Crippen molar-refractivity contribution in [2.45, 2.75) is 32.0 Å². The number of fused-ring (bicyclic) bond motifs is 2. The van der Waals surface area contributed by atoms with E-state index in [0.29, 0.717) is 11.8 Å². The lowest BCUT2D eigenvalue weighted by Gasteiger charge is -2.08. The van der Waals surface area contributed by atoms with Gasteiger partial charge in [0, 0.05) is 19.4 Å². The van der Waals surface area contributed by atoms with Crippen LogP contribution in [0, 0.1) is 6.92 Å². The first kappa shape index (κ1) is 24.5. The van der Waals surface area contributed by atoms with E-state index in [2.05, 4.69) is 25.5 Å². The SMILES string of the molecule is CCONC(=O)c1c(C)cnc2c(-c3nc4cc(C(F)(F)F)cnc4n3C)c(S(=O)(=O)CC)nn12. The summed E-state index contributed by atoms with van der Waals surface area (Å²) in [4.78, 5) is 30.1. The molecule has 0 aliphatic rings. The Balaban J connectivity index is 2.07. The Bertz CT molecular complexity index is 1580. The van der Waals surface area contributed by atoms with Crippen LogP contribution in [-0.2, 0) is 27.9 Å². The number of alkyl halides is 3. The standard InChI is InChI=1S/C20H20F3N7O4S/c1-5-34-28-18(31)14-10(3)8-24-16-13(19(27-30(14)16)35(32,33)6-2)17-26-12-7-11(20(21,22)23)9-25-15(12)29(17)4/h7-9H,5-6H2,1-4H3,(H,28,31). The van der Waals surface area contributed by atoms with Gasteiger partial charge in [-0.25, -0.2) is 33.4 Å². The second-order valence-electron chi connectivity index (χ2n) is 7.53. The fourth-order valence-corrected chi connectivity index (χ4v) is 4.49. The summed E-state index contributed by atoms with van der Waals surface area (Å²) < 4.78 is 68.0. The van der Waals surface area contributed by atoms with Crippen molar-refractivity contribution >= 4 is 32.6 Å². The van der Waals surface area contributed by atoms with Crippen LogP contribution < -0.4 is 5.48 Å². The van der Waals surface area contributed by atoms with Gasteiger partial charge in [-0.1, -0.05) is 6.92 Å². The molecule has 4 aromatic heterocycles. The summed E-state index contributed by atoms with van der Waals surface area (Å²) in [5.41, 5.74) is 1.49. The molecule has 186 valence electrons. The van der Waals surface area contributed by atoms with E-state index < -0.39 is 32.5 Å². The van der Waals surface area contributed by atoms with E-state index in [1.54, 1.807) is 13.8 Å². The van der Waals surface area contributed by atoms with Gasteiger partial charge < -0.3 is 4.57 Å². The zero-order valence-electron chi connectivity index (χ0n) is 19.0. The maximum Gasteiger partial charge on any atom is 0.417 e. The molecule has 4 aromatic rings. The number of halogens is 3. The largest absolute Gasteiger partial charge is 0.417 e. The third kappa shape index (κ3) is 4.10. The summed E-state index contributed by atoms with van der Waals surface area (Å²) in [5.74, 6) is -1.04. The smallest absolute Gasteiger partial charge is 0.312 e. The second-order valence-corrected chi connectivity index (χ2v) is 9.73. The van der Waals surface area contributed by atoms with E-state index >= 15 is 0 Å². The van der Waals surface area contributed by atoms with Crippen LogP contribution in [0.15, 0.2) is 23.5 Å². The van der Waals surface area contributed by atoms with Crippen molar-refractivity contribution in [3.8, 4) is 11.4 Å². The van der Waals surface area contributed by atoms with Gasteiger partial charge in [-0.05, 0) is 25.5 Å². The zero-order valence-corrected chi connectivity index (χ0v) is 19.8. The molecule has 0 saturated heterocycles. The lowest BCUT2D eigenvalue weighted by atomic mass is 10.2. The van der Waals surface area contributed by atoms with Gasteiger partial charge in [0.15, 0.2) is 26.2 Å². The maximum atomic E-state index is 13.2. The van der Waals surface area contributed by atoms with Gasteiger partial charge in [-0.3, -0.25) is 9.63 Å². The summed E-state index contributed by atoms with van der Waals surface area (Å²) in [7, 11) is -2.51. The predicted molar refractivity (Wildman–Crippen MR) is 117 cm³/mol. The van der Waals surface area contributed by atoms with E-state index in [4.69, 9.17) is 4.84 Å². The normalized spacial score (nSPS) is 12.5. The van der Waals surface area contributed by atoms with Crippen molar-refractivity contribution < 1.29 is 31.2 Å². The molecule has 0 aliphatic heterocycles. The lowest BCUT2D eigenvalue weighted by molar-refractivity contribution is -0.137. The van der Waals surface area contributed by atoms with Gasteiger partial charge in [-0.2, -0.15) is 18.3 Å². The minimum Gasteiger partial charge on any atom is -0.312 e. The molecule has 0 unspecified atom stereocenters. The van der Waals surface area contributed by atoms with Crippen molar-refractivity contribution in [1.29, 1.82) is 0 Å². The molecule has 15 heteroatoms. The Morgan fingerprint density at radius 2 is 1.86 bits per heavy atom. The number of hydrogen-bond acceptors (Lipinski definition) is 8. The van der Waals surface area contributed by atoms with E-state index in [-0.39, 0.29) is 46.3 Å². The second kappa shape index (κ2) is 8.57. The molecule has 1 N–H and O–H groups in total. The topological polar surface area (TPSA) is 133 Å². The van der Waals surface area contributed by atoms with Crippen LogP contribution in [0.3, 0.4) is 0 Å². The molecule has 0 aromatic carbocycles. The van der Waals surface area contributed by atoms with Gasteiger partial charge >= 0.3 is 6.18 Å². The Morgan fingerprint density at radius 3 is 2.49 bits per heavy atom. The molecular formula is C20H20F3N7O4S. The highest BCUT2D eigenvalue weighted by molar-refractivity contribution is 7.91. The minimum absolute atomic E-state index is 0.0265. The van der Waals surface area contributed by atoms with Crippen molar-refractivity contribution in [3.63, 3.8) is 0 Å². The summed E-state index contributed by atoms with van der Waals surface area (Å²) in [6, 6.07) is 0.823. The molecule has 0 spiro atoms. The number of nitrogens with zero attached hydrogens (tertiary/aromatic N) is 6. The molecule has 0 fully saturated rings. The molecule has 0 bridgehead atoms. The lowest BCUT2D eigenvalue weighted by Crippen LogP contribution is -2.27. The van der Waals surface area contributed by atoms with Crippen LogP contribution in [0.1, 0.15) is 35.5 Å². The molecule has 1 amide bonds. The summed E-state index contributed by atoms with van der Waals surface area (Å²) in [6.45, 7) is 4.85. The third-order valence-corrected chi connectivity index (χ3v) is 6.89. The molecular weight excluding hydrogens is 491 g/mol. The Hall–Kier alpha value is -3.59. The summed E-state index contributed by atoms with van der Waals surface area (Å²) in [6.07, 6.45) is -2.61. The first-order valence-electron chi connectivity index (χ1n) is 10.3. The monoisotopic (exact) mass is 511 g/mol. The van der Waals surface area contributed by atoms with E-state index in [1.165, 1.54) is 24.7 Å². The minimum atomic E-state index is -4.64. The van der Waals surface area contributed by atoms with Crippen LogP contribution in [0.5, 0.6) is 0 Å². The number of sulfone groups is 1. The van der Waals surface area contributed by atoms with Crippen molar-refractivity contribution in [3.05, 3.63) is 35.3 Å². The number of hydroxylamine groups is 1. The predicted octanol–water partition coefficient (Wildman–Crippen LogP) is 2.48. The van der Waals surface area contributed by atoms with Gasteiger partial charge in [0.25, 0.3) is 5.91 Å². The molecule has 0 radical (unpaired) electrons. The van der Waals surface area contributed by atoms with Crippen molar-refractivity contribution in [1.82, 2.24) is 34.6 Å². The molecule has 11 nitrogen and oxygen atoms in total.